The van der Waals surface area contributed by atoms with Crippen LogP contribution in [0.5, 0.6) is 0 Å². The average molecular weight is 603 g/mol. The Hall–Kier alpha value is -1.10. The first-order valence-electron chi connectivity index (χ1n) is 12.5. The average Bonchev–Trinajstić information content (AvgIpc) is 3.30. The smallest absolute Gasteiger partial charge is 1.00 e. The van der Waals surface area contributed by atoms with Gasteiger partial charge in [0.1, 0.15) is 0 Å². The number of carbonyl (C=O) groups excluding carboxylic acids is 1. The summed E-state index contributed by atoms with van der Waals surface area (Å²) in [4.78, 5) is 11.1. The predicted octanol–water partition coefficient (Wildman–Crippen LogP) is 3.38. The topological polar surface area (TPSA) is 40.9 Å². The Morgan fingerprint density at radius 1 is 0.684 bits per heavy atom. The molecule has 0 unspecified atom stereocenters. The van der Waals surface area contributed by atoms with Crippen molar-refractivity contribution in [2.75, 3.05) is 0 Å². The molecule has 38 heavy (non-hydrogen) atoms. The Morgan fingerprint density at radius 3 is 1.55 bits per heavy atom. The van der Waals surface area contributed by atoms with Crippen LogP contribution in [0.3, 0.4) is 0 Å². The zero-order chi connectivity index (χ0) is 22.2. The maximum absolute atomic E-state index is 11.1. The van der Waals surface area contributed by atoms with Crippen molar-refractivity contribution in [3.05, 3.63) is 86.3 Å². The molecule has 1 N–H and O–H groups in total. The van der Waals surface area contributed by atoms with Gasteiger partial charge in [-0.3, -0.25) is 6.08 Å². The SMILES string of the molecule is [C-]1=Cc2c(c3ccccc3c3ccccc23)C1.[CH3-].[CH3-].[Cl-].[Cl-].[NH-]C(=O)C1CCCCCCCCCCC1.[Si].[Ti+2]. The van der Waals surface area contributed by atoms with E-state index in [1.165, 1.54) is 77.6 Å². The zero-order valence-corrected chi connectivity index (χ0v) is 27.0. The van der Waals surface area contributed by atoms with E-state index in [0.717, 1.165) is 32.1 Å². The fraction of sp³-hybridized carbons (Fsp3) is 0.406. The van der Waals surface area contributed by atoms with Gasteiger partial charge in [-0.05, 0) is 29.0 Å². The number of halogens is 2. The van der Waals surface area contributed by atoms with E-state index in [2.05, 4.69) is 60.7 Å². The van der Waals surface area contributed by atoms with Crippen molar-refractivity contribution in [3.8, 4) is 0 Å². The van der Waals surface area contributed by atoms with Gasteiger partial charge in [0.2, 0.25) is 0 Å². The number of hydrogen-bond donors (Lipinski definition) is 0. The molecule has 2 aliphatic carbocycles. The zero-order valence-electron chi connectivity index (χ0n) is 22.9. The third-order valence-corrected chi connectivity index (χ3v) is 7.09. The standard InChI is InChI=1S/C17H11.C13H25NO.2CH3.2ClH.Si.Ti/c1-3-8-14-12(6-1)13-7-2-4-9-15(13)17-11-5-10-16(14)17;14-13(15)12-10-8-6-4-2-1-3-5-7-9-11-12;;;;;;/h1-4,6-10H,11H2;12H,1-11H2,(H2,14,15);2*1H3;2*1H;;/q-1;;2*-1;;;;+2/p-3. The minimum absolute atomic E-state index is 0. The summed E-state index contributed by atoms with van der Waals surface area (Å²) in [7, 11) is 0. The first-order chi connectivity index (χ1) is 15.8. The van der Waals surface area contributed by atoms with E-state index in [-0.39, 0.29) is 84.2 Å². The molecule has 0 heterocycles. The quantitative estimate of drug-likeness (QED) is 0.239. The molecule has 1 fully saturated rings. The third kappa shape index (κ3) is 10.8. The maximum atomic E-state index is 11.1. The summed E-state index contributed by atoms with van der Waals surface area (Å²) in [5.41, 5.74) is 10.0. The molecule has 0 aromatic heterocycles. The second kappa shape index (κ2) is 21.7. The summed E-state index contributed by atoms with van der Waals surface area (Å²) in [6.07, 6.45) is 19.9. The van der Waals surface area contributed by atoms with Gasteiger partial charge in [0.05, 0.1) is 5.91 Å². The number of nitrogens with one attached hydrogen (secondary N) is 1. The molecule has 6 heteroatoms. The van der Waals surface area contributed by atoms with Gasteiger partial charge >= 0.3 is 21.7 Å². The Labute approximate surface area is 263 Å². The number of allylic oxidation sites excluding steroid dienone is 1. The molecule has 4 radical (unpaired) electrons. The third-order valence-electron chi connectivity index (χ3n) is 7.09. The van der Waals surface area contributed by atoms with Crippen LogP contribution >= 0.6 is 0 Å². The minimum atomic E-state index is -0.327. The van der Waals surface area contributed by atoms with Crippen molar-refractivity contribution in [2.45, 2.75) is 77.0 Å². The molecule has 1 amide bonds. The Balaban J connectivity index is -0.000000562. The van der Waals surface area contributed by atoms with Crippen LogP contribution in [0, 0.1) is 26.8 Å². The maximum Gasteiger partial charge on any atom is 2.00 e. The van der Waals surface area contributed by atoms with Crippen LogP contribution in [0.1, 0.15) is 81.8 Å². The van der Waals surface area contributed by atoms with Gasteiger partial charge < -0.3 is 50.2 Å². The Morgan fingerprint density at radius 2 is 1.08 bits per heavy atom. The fourth-order valence-corrected chi connectivity index (χ4v) is 5.28. The van der Waals surface area contributed by atoms with E-state index in [0.29, 0.717) is 0 Å². The molecule has 0 atom stereocenters. The van der Waals surface area contributed by atoms with E-state index in [9.17, 15) is 4.79 Å². The molecule has 0 bridgehead atoms. The predicted molar refractivity (Wildman–Crippen MR) is 155 cm³/mol. The summed E-state index contributed by atoms with van der Waals surface area (Å²) in [6, 6.07) is 17.3. The molecular weight excluding hydrogens is 561 g/mol. The van der Waals surface area contributed by atoms with E-state index >= 15 is 0 Å². The van der Waals surface area contributed by atoms with Crippen LogP contribution in [0.25, 0.3) is 33.4 Å². The van der Waals surface area contributed by atoms with E-state index < -0.39 is 0 Å². The van der Waals surface area contributed by atoms with Crippen LogP contribution in [-0.4, -0.2) is 16.9 Å². The summed E-state index contributed by atoms with van der Waals surface area (Å²) >= 11 is 0. The van der Waals surface area contributed by atoms with Crippen LogP contribution in [-0.2, 0) is 32.9 Å². The number of fused-ring (bicyclic) bond motifs is 6. The van der Waals surface area contributed by atoms with Gasteiger partial charge in [-0.1, -0.05) is 112 Å². The van der Waals surface area contributed by atoms with Crippen molar-refractivity contribution >= 4 is 44.5 Å². The van der Waals surface area contributed by atoms with Gasteiger partial charge in [0.15, 0.2) is 0 Å². The van der Waals surface area contributed by atoms with Gasteiger partial charge in [-0.15, -0.1) is 12.0 Å². The number of benzene rings is 3. The van der Waals surface area contributed by atoms with Gasteiger partial charge in [0, 0.05) is 16.9 Å². The van der Waals surface area contributed by atoms with Crippen molar-refractivity contribution in [3.63, 3.8) is 0 Å². The summed E-state index contributed by atoms with van der Waals surface area (Å²) < 4.78 is 0. The van der Waals surface area contributed by atoms with Crippen LogP contribution in [0.15, 0.2) is 48.5 Å². The molecule has 5 rings (SSSR count). The number of hydrogen-bond acceptors (Lipinski definition) is 1. The van der Waals surface area contributed by atoms with E-state index in [4.69, 9.17) is 5.73 Å². The second-order valence-corrected chi connectivity index (χ2v) is 9.33. The normalized spacial score (nSPS) is 14.9. The van der Waals surface area contributed by atoms with Crippen LogP contribution < -0.4 is 24.8 Å². The van der Waals surface area contributed by atoms with Crippen LogP contribution in [0.2, 0.25) is 0 Å². The number of carbonyl (C=O) groups is 1. The molecule has 2 aliphatic rings. The molecule has 1 saturated carbocycles. The molecule has 3 aromatic carbocycles. The first-order valence-corrected chi connectivity index (χ1v) is 12.5. The molecule has 206 valence electrons. The fourth-order valence-electron chi connectivity index (χ4n) is 5.28. The van der Waals surface area contributed by atoms with Crippen molar-refractivity contribution < 1.29 is 51.3 Å². The summed E-state index contributed by atoms with van der Waals surface area (Å²) in [6.45, 7) is 0. The van der Waals surface area contributed by atoms with Crippen LogP contribution in [0.4, 0.5) is 0 Å². The molecule has 3 aromatic rings. The molecule has 0 spiro atoms. The first kappa shape index (κ1) is 41.4. The summed E-state index contributed by atoms with van der Waals surface area (Å²) in [5.74, 6) is -0.281. The monoisotopic (exact) mass is 601 g/mol. The van der Waals surface area contributed by atoms with Gasteiger partial charge in [0.25, 0.3) is 0 Å². The molecule has 0 saturated heterocycles. The largest absolute Gasteiger partial charge is 2.00 e. The minimum Gasteiger partial charge on any atom is -1.00 e. The van der Waals surface area contributed by atoms with E-state index in [1.54, 1.807) is 0 Å². The molecular formula is C32H41Cl2NOSiTi-4. The number of amides is 1. The second-order valence-electron chi connectivity index (χ2n) is 9.33. The summed E-state index contributed by atoms with van der Waals surface area (Å²) in [5, 5.41) is 5.44. The van der Waals surface area contributed by atoms with Crippen molar-refractivity contribution in [1.29, 1.82) is 0 Å². The Bertz CT molecular complexity index is 1090. The molecule has 0 aliphatic heterocycles. The Kier molecular flexibility index (Phi) is 23.6. The van der Waals surface area contributed by atoms with Crippen molar-refractivity contribution in [2.24, 2.45) is 5.92 Å². The van der Waals surface area contributed by atoms with Crippen molar-refractivity contribution in [1.82, 2.24) is 0 Å². The molecule has 2 nitrogen and oxygen atoms in total. The van der Waals surface area contributed by atoms with E-state index in [1.807, 2.05) is 0 Å². The van der Waals surface area contributed by atoms with Gasteiger partial charge in [-0.2, -0.15) is 5.56 Å². The van der Waals surface area contributed by atoms with Gasteiger partial charge in [-0.25, -0.2) is 6.08 Å². The number of rotatable bonds is 1.